The third kappa shape index (κ3) is 5.34. The predicted octanol–water partition coefficient (Wildman–Crippen LogP) is 0.862. The lowest BCUT2D eigenvalue weighted by Gasteiger charge is -2.31. The summed E-state index contributed by atoms with van der Waals surface area (Å²) < 4.78 is 5.08. The van der Waals surface area contributed by atoms with E-state index in [2.05, 4.69) is 10.6 Å². The van der Waals surface area contributed by atoms with Gasteiger partial charge in [0.1, 0.15) is 11.4 Å². The molecule has 2 aliphatic heterocycles. The van der Waals surface area contributed by atoms with Crippen molar-refractivity contribution in [1.82, 2.24) is 15.5 Å². The average Bonchev–Trinajstić information content (AvgIpc) is 3.11. The van der Waals surface area contributed by atoms with E-state index in [4.69, 9.17) is 9.57 Å². The summed E-state index contributed by atoms with van der Waals surface area (Å²) in [6.07, 6.45) is 2.42. The molecule has 1 aromatic carbocycles. The molecule has 2 amide bonds. The smallest absolute Gasteiger partial charge is 0.376 e. The Labute approximate surface area is 179 Å². The van der Waals surface area contributed by atoms with Crippen LogP contribution in [0.3, 0.4) is 0 Å². The molecule has 0 aromatic heterocycles. The van der Waals surface area contributed by atoms with Gasteiger partial charge in [-0.1, -0.05) is 23.8 Å². The van der Waals surface area contributed by atoms with Crippen LogP contribution in [0.25, 0.3) is 0 Å². The lowest BCUT2D eigenvalue weighted by atomic mass is 9.97. The van der Waals surface area contributed by atoms with Gasteiger partial charge in [0.05, 0.1) is 12.5 Å². The number of aliphatic imine (C=N–C) groups is 1. The Hall–Kier alpha value is -3.53. The Morgan fingerprint density at radius 2 is 2.03 bits per heavy atom. The second-order valence-corrected chi connectivity index (χ2v) is 7.08. The Morgan fingerprint density at radius 1 is 1.29 bits per heavy atom. The average molecular weight is 428 g/mol. The predicted molar refractivity (Wildman–Crippen MR) is 109 cm³/mol. The van der Waals surface area contributed by atoms with Crippen LogP contribution in [0.2, 0.25) is 0 Å². The number of benzene rings is 1. The lowest BCUT2D eigenvalue weighted by Crippen LogP contribution is -2.45. The molecule has 2 saturated heterocycles. The van der Waals surface area contributed by atoms with E-state index in [0.717, 1.165) is 0 Å². The van der Waals surface area contributed by atoms with E-state index in [9.17, 15) is 19.2 Å². The summed E-state index contributed by atoms with van der Waals surface area (Å²) in [5, 5.41) is 1.27. The van der Waals surface area contributed by atoms with Crippen LogP contribution in [0.5, 0.6) is 0 Å². The highest BCUT2D eigenvalue weighted by atomic mass is 16.7. The number of carbonyl (C=O) groups is 4. The highest BCUT2D eigenvalue weighted by Gasteiger charge is 2.33. The number of piperidine rings is 1. The number of hydrogen-bond acceptors (Lipinski definition) is 8. The minimum atomic E-state index is -0.710. The van der Waals surface area contributed by atoms with Gasteiger partial charge >= 0.3 is 11.9 Å². The first kappa shape index (κ1) is 22.2. The summed E-state index contributed by atoms with van der Waals surface area (Å²) >= 11 is 0. The van der Waals surface area contributed by atoms with Gasteiger partial charge in [0.2, 0.25) is 0 Å². The number of nitrogens with zero attached hydrogens (tertiary/aromatic N) is 3. The van der Waals surface area contributed by atoms with Crippen LogP contribution in [0.4, 0.5) is 0 Å². The summed E-state index contributed by atoms with van der Waals surface area (Å²) in [5.41, 5.74) is 2.45. The molecular formula is C21H24N4O6. The van der Waals surface area contributed by atoms with Crippen LogP contribution >= 0.6 is 0 Å². The summed E-state index contributed by atoms with van der Waals surface area (Å²) in [4.78, 5) is 60.1. The van der Waals surface area contributed by atoms with Crippen molar-refractivity contribution in [1.29, 1.82) is 0 Å². The quantitative estimate of drug-likeness (QED) is 0.417. The molecule has 10 nitrogen and oxygen atoms in total. The van der Waals surface area contributed by atoms with Crippen molar-refractivity contribution < 1.29 is 28.8 Å². The maximum Gasteiger partial charge on any atom is 0.376 e. The van der Waals surface area contributed by atoms with E-state index in [0.29, 0.717) is 24.9 Å². The molecule has 164 valence electrons. The minimum absolute atomic E-state index is 0.0203. The fourth-order valence-corrected chi connectivity index (χ4v) is 3.31. The Balaban J connectivity index is 1.90. The van der Waals surface area contributed by atoms with Gasteiger partial charge in [-0.25, -0.2) is 9.79 Å². The Bertz CT molecular complexity index is 927. The monoisotopic (exact) mass is 428 g/mol. The van der Waals surface area contributed by atoms with Gasteiger partial charge in [-0.2, -0.15) is 0 Å². The van der Waals surface area contributed by atoms with Crippen molar-refractivity contribution in [2.75, 3.05) is 26.7 Å². The molecule has 2 aliphatic rings. The SMILES string of the molecule is CCOC(=O)C1CCCN(C(=O)C(/C=C2\C(=O)ONN2C)=NC(=O)c2ccccc2)C1. The van der Waals surface area contributed by atoms with Crippen molar-refractivity contribution in [2.45, 2.75) is 19.8 Å². The molecule has 0 bridgehead atoms. The number of hydrogen-bond donors (Lipinski definition) is 1. The van der Waals surface area contributed by atoms with Crippen LogP contribution in [0, 0.1) is 5.92 Å². The van der Waals surface area contributed by atoms with Crippen molar-refractivity contribution in [2.24, 2.45) is 10.9 Å². The number of esters is 1. The van der Waals surface area contributed by atoms with Crippen molar-refractivity contribution in [3.8, 4) is 0 Å². The van der Waals surface area contributed by atoms with Crippen molar-refractivity contribution in [3.05, 3.63) is 47.7 Å². The molecule has 31 heavy (non-hydrogen) atoms. The number of hydrazine groups is 1. The van der Waals surface area contributed by atoms with Crippen LogP contribution in [-0.4, -0.2) is 66.1 Å². The third-order valence-electron chi connectivity index (χ3n) is 4.91. The van der Waals surface area contributed by atoms with E-state index in [-0.39, 0.29) is 30.5 Å². The molecule has 1 unspecified atom stereocenters. The zero-order chi connectivity index (χ0) is 22.4. The van der Waals surface area contributed by atoms with Crippen LogP contribution in [0.1, 0.15) is 30.1 Å². The van der Waals surface area contributed by atoms with Crippen LogP contribution in [-0.2, 0) is 24.0 Å². The number of amides is 2. The summed E-state index contributed by atoms with van der Waals surface area (Å²) in [5.74, 6) is -2.70. The molecule has 2 fully saturated rings. The molecule has 2 heterocycles. The van der Waals surface area contributed by atoms with Crippen molar-refractivity contribution in [3.63, 3.8) is 0 Å². The standard InChI is InChI=1S/C21H24N4O6/c1-3-30-20(28)15-10-7-11-25(13-15)19(27)16(12-17-21(29)31-23-24(17)2)22-18(26)14-8-5-4-6-9-14/h4-6,8-9,12,15,23H,3,7,10-11,13H2,1-2H3/b17-12+,22-16?. The zero-order valence-corrected chi connectivity index (χ0v) is 17.4. The van der Waals surface area contributed by atoms with Gasteiger partial charge in [0.25, 0.3) is 11.8 Å². The third-order valence-corrected chi connectivity index (χ3v) is 4.91. The topological polar surface area (TPSA) is 118 Å². The first-order valence-electron chi connectivity index (χ1n) is 9.97. The van der Waals surface area contributed by atoms with E-state index >= 15 is 0 Å². The normalized spacial score (nSPS) is 20.6. The number of likely N-dealkylation sites (tertiary alicyclic amines) is 1. The second kappa shape index (κ2) is 9.98. The maximum atomic E-state index is 13.2. The number of ether oxygens (including phenoxy) is 1. The number of rotatable bonds is 5. The molecule has 0 saturated carbocycles. The largest absolute Gasteiger partial charge is 0.466 e. The number of likely N-dealkylation sites (N-methyl/N-ethyl adjacent to an activating group) is 1. The van der Waals surface area contributed by atoms with E-state index in [1.165, 1.54) is 23.0 Å². The molecule has 0 aliphatic carbocycles. The Kier molecular flexibility index (Phi) is 7.14. The first-order chi connectivity index (χ1) is 14.9. The zero-order valence-electron chi connectivity index (χ0n) is 17.4. The van der Waals surface area contributed by atoms with Gasteiger partial charge in [-0.3, -0.25) is 19.4 Å². The van der Waals surface area contributed by atoms with E-state index < -0.39 is 23.7 Å². The van der Waals surface area contributed by atoms with Gasteiger partial charge < -0.3 is 14.5 Å². The molecule has 1 aromatic rings. The van der Waals surface area contributed by atoms with Gasteiger partial charge in [0.15, 0.2) is 0 Å². The van der Waals surface area contributed by atoms with E-state index in [1.54, 1.807) is 37.3 Å². The second-order valence-electron chi connectivity index (χ2n) is 7.08. The highest BCUT2D eigenvalue weighted by Crippen LogP contribution is 2.19. The number of carbonyl (C=O) groups excluding carboxylic acids is 4. The summed E-state index contributed by atoms with van der Waals surface area (Å²) in [7, 11) is 1.52. The van der Waals surface area contributed by atoms with Gasteiger partial charge in [-0.15, -0.1) is 0 Å². The Morgan fingerprint density at radius 3 is 2.68 bits per heavy atom. The minimum Gasteiger partial charge on any atom is -0.466 e. The molecule has 3 rings (SSSR count). The van der Waals surface area contributed by atoms with Crippen molar-refractivity contribution >= 4 is 29.5 Å². The highest BCUT2D eigenvalue weighted by molar-refractivity contribution is 6.45. The summed E-state index contributed by atoms with van der Waals surface area (Å²) in [6.45, 7) is 2.53. The van der Waals surface area contributed by atoms with Crippen LogP contribution in [0.15, 0.2) is 47.1 Å². The molecule has 1 atom stereocenters. The molecule has 0 radical (unpaired) electrons. The van der Waals surface area contributed by atoms with Gasteiger partial charge in [-0.05, 0) is 31.9 Å². The van der Waals surface area contributed by atoms with Crippen LogP contribution < -0.4 is 5.59 Å². The first-order valence-corrected chi connectivity index (χ1v) is 9.97. The molecule has 1 N–H and O–H groups in total. The lowest BCUT2D eigenvalue weighted by molar-refractivity contribution is -0.150. The summed E-state index contributed by atoms with van der Waals surface area (Å²) in [6, 6.07) is 8.28. The maximum absolute atomic E-state index is 13.2. The fourth-order valence-electron chi connectivity index (χ4n) is 3.31. The fraction of sp³-hybridized carbons (Fsp3) is 0.381. The molecule has 10 heteroatoms. The molecule has 0 spiro atoms. The number of nitrogens with one attached hydrogen (secondary N) is 1. The molecular weight excluding hydrogens is 404 g/mol. The van der Waals surface area contributed by atoms with E-state index in [1.807, 2.05) is 0 Å². The van der Waals surface area contributed by atoms with Gasteiger partial charge in [0, 0.05) is 31.8 Å².